The first-order valence-corrected chi connectivity index (χ1v) is 8.92. The molecule has 1 aromatic carbocycles. The lowest BCUT2D eigenvalue weighted by Gasteiger charge is -2.13. The highest BCUT2D eigenvalue weighted by Gasteiger charge is 2.13. The van der Waals surface area contributed by atoms with Crippen molar-refractivity contribution in [2.45, 2.75) is 32.9 Å². The van der Waals surface area contributed by atoms with E-state index in [4.69, 9.17) is 0 Å². The minimum absolute atomic E-state index is 0. The number of halogens is 1. The van der Waals surface area contributed by atoms with Crippen LogP contribution in [0.1, 0.15) is 22.8 Å². The number of fused-ring (bicyclic) bond motifs is 2. The minimum Gasteiger partial charge on any atom is -0.326 e. The summed E-state index contributed by atoms with van der Waals surface area (Å²) in [5.41, 5.74) is 3.91. The molecule has 0 spiro atoms. The zero-order valence-corrected chi connectivity index (χ0v) is 15.5. The number of carbonyl (C=O) groups excluding carboxylic acids is 1. The van der Waals surface area contributed by atoms with Crippen molar-refractivity contribution in [3.63, 3.8) is 0 Å². The van der Waals surface area contributed by atoms with Gasteiger partial charge in [-0.3, -0.25) is 9.48 Å². The van der Waals surface area contributed by atoms with Gasteiger partial charge in [0, 0.05) is 31.6 Å². The Kier molecular flexibility index (Phi) is 5.36. The van der Waals surface area contributed by atoms with Gasteiger partial charge in [-0.1, -0.05) is 0 Å². The lowest BCUT2D eigenvalue weighted by molar-refractivity contribution is -0.116. The summed E-state index contributed by atoms with van der Waals surface area (Å²) in [7, 11) is 0. The maximum Gasteiger partial charge on any atom is 0.224 e. The molecule has 25 heavy (non-hydrogen) atoms. The number of rotatable bonds is 4. The third-order valence-corrected chi connectivity index (χ3v) is 5.06. The molecule has 0 radical (unpaired) electrons. The summed E-state index contributed by atoms with van der Waals surface area (Å²) in [4.78, 5) is 16.7. The summed E-state index contributed by atoms with van der Waals surface area (Å²) in [6.45, 7) is 4.69. The van der Waals surface area contributed by atoms with Gasteiger partial charge in [0.1, 0.15) is 0 Å². The van der Waals surface area contributed by atoms with Gasteiger partial charge in [0.2, 0.25) is 5.91 Å². The Bertz CT molecular complexity index is 880. The molecule has 0 atom stereocenters. The van der Waals surface area contributed by atoms with Crippen LogP contribution in [0.2, 0.25) is 0 Å². The first-order valence-electron chi connectivity index (χ1n) is 8.11. The number of anilines is 1. The molecule has 0 unspecified atom stereocenters. The standard InChI is InChI=1S/C17H19N5OS.ClH/c1-11-19-15-9-12(2-4-16(15)24-11)20-17(23)5-3-13-8-14-10-18-6-7-22(14)21-13;/h2,4,8-9,18H,3,5-7,10H2,1H3,(H,20,23);1H. The van der Waals surface area contributed by atoms with Crippen molar-refractivity contribution >= 4 is 45.6 Å². The quantitative estimate of drug-likeness (QED) is 0.733. The number of nitrogens with zero attached hydrogens (tertiary/aromatic N) is 3. The Labute approximate surface area is 156 Å². The van der Waals surface area contributed by atoms with Crippen molar-refractivity contribution in [1.29, 1.82) is 0 Å². The highest BCUT2D eigenvalue weighted by atomic mass is 35.5. The van der Waals surface area contributed by atoms with E-state index in [1.54, 1.807) is 11.3 Å². The predicted molar refractivity (Wildman–Crippen MR) is 102 cm³/mol. The zero-order valence-electron chi connectivity index (χ0n) is 13.9. The maximum absolute atomic E-state index is 12.2. The topological polar surface area (TPSA) is 71.8 Å². The molecule has 0 bridgehead atoms. The van der Waals surface area contributed by atoms with Gasteiger partial charge < -0.3 is 10.6 Å². The third kappa shape index (κ3) is 4.00. The summed E-state index contributed by atoms with van der Waals surface area (Å²) in [6, 6.07) is 7.95. The van der Waals surface area contributed by atoms with Gasteiger partial charge in [0.05, 0.1) is 33.2 Å². The van der Waals surface area contributed by atoms with Gasteiger partial charge in [-0.05, 0) is 31.2 Å². The van der Waals surface area contributed by atoms with Crippen LogP contribution in [0.5, 0.6) is 0 Å². The fourth-order valence-corrected chi connectivity index (χ4v) is 3.77. The van der Waals surface area contributed by atoms with Crippen LogP contribution < -0.4 is 10.6 Å². The second-order valence-corrected chi connectivity index (χ2v) is 7.23. The molecule has 2 aromatic heterocycles. The Balaban J connectivity index is 0.00000182. The molecule has 132 valence electrons. The molecule has 8 heteroatoms. The normalized spacial score (nSPS) is 13.3. The summed E-state index contributed by atoms with van der Waals surface area (Å²) in [6.07, 6.45) is 1.09. The highest BCUT2D eigenvalue weighted by molar-refractivity contribution is 7.18. The highest BCUT2D eigenvalue weighted by Crippen LogP contribution is 2.24. The van der Waals surface area contributed by atoms with Crippen LogP contribution in [0, 0.1) is 6.92 Å². The number of aromatic nitrogens is 3. The molecular weight excluding hydrogens is 358 g/mol. The predicted octanol–water partition coefficient (Wildman–Crippen LogP) is 2.90. The smallest absolute Gasteiger partial charge is 0.224 e. The zero-order chi connectivity index (χ0) is 16.5. The number of carbonyl (C=O) groups is 1. The molecule has 3 aromatic rings. The van der Waals surface area contributed by atoms with Crippen LogP contribution in [0.4, 0.5) is 5.69 Å². The maximum atomic E-state index is 12.2. The van der Waals surface area contributed by atoms with Gasteiger partial charge in [-0.15, -0.1) is 23.7 Å². The van der Waals surface area contributed by atoms with E-state index in [0.29, 0.717) is 12.8 Å². The Morgan fingerprint density at radius 1 is 1.40 bits per heavy atom. The van der Waals surface area contributed by atoms with Crippen LogP contribution in [0.15, 0.2) is 24.3 Å². The lowest BCUT2D eigenvalue weighted by Crippen LogP contribution is -2.28. The second-order valence-electron chi connectivity index (χ2n) is 5.99. The van der Waals surface area contributed by atoms with Crippen LogP contribution in [0.3, 0.4) is 0 Å². The summed E-state index contributed by atoms with van der Waals surface area (Å²) in [5.74, 6) is 0.00500. The summed E-state index contributed by atoms with van der Waals surface area (Å²) >= 11 is 1.66. The lowest BCUT2D eigenvalue weighted by atomic mass is 10.2. The van der Waals surface area contributed by atoms with Crippen LogP contribution in [-0.4, -0.2) is 27.2 Å². The van der Waals surface area contributed by atoms with E-state index < -0.39 is 0 Å². The fraction of sp³-hybridized carbons (Fsp3) is 0.353. The van der Waals surface area contributed by atoms with Gasteiger partial charge in [-0.25, -0.2) is 4.98 Å². The van der Waals surface area contributed by atoms with E-state index >= 15 is 0 Å². The number of hydrogen-bond acceptors (Lipinski definition) is 5. The molecule has 1 aliphatic rings. The van der Waals surface area contributed by atoms with E-state index in [1.807, 2.05) is 29.8 Å². The number of amides is 1. The molecule has 1 aliphatic heterocycles. The largest absolute Gasteiger partial charge is 0.326 e. The van der Waals surface area contributed by atoms with E-state index in [9.17, 15) is 4.79 Å². The number of aryl methyl sites for hydroxylation is 2. The summed E-state index contributed by atoms with van der Waals surface area (Å²) < 4.78 is 3.17. The third-order valence-electron chi connectivity index (χ3n) is 4.11. The van der Waals surface area contributed by atoms with Gasteiger partial charge in [0.15, 0.2) is 0 Å². The van der Waals surface area contributed by atoms with Crippen molar-refractivity contribution in [2.75, 3.05) is 11.9 Å². The molecule has 6 nitrogen and oxygen atoms in total. The molecule has 1 amide bonds. The Morgan fingerprint density at radius 2 is 2.28 bits per heavy atom. The molecule has 0 saturated heterocycles. The van der Waals surface area contributed by atoms with E-state index in [-0.39, 0.29) is 18.3 Å². The first-order chi connectivity index (χ1) is 11.7. The number of nitrogens with one attached hydrogen (secondary N) is 2. The fourth-order valence-electron chi connectivity index (χ4n) is 2.96. The van der Waals surface area contributed by atoms with E-state index in [1.165, 1.54) is 5.69 Å². The molecule has 0 fully saturated rings. The van der Waals surface area contributed by atoms with E-state index in [2.05, 4.69) is 26.8 Å². The van der Waals surface area contributed by atoms with E-state index in [0.717, 1.165) is 46.2 Å². The molecule has 4 rings (SSSR count). The van der Waals surface area contributed by atoms with Crippen molar-refractivity contribution < 1.29 is 4.79 Å². The molecule has 2 N–H and O–H groups in total. The van der Waals surface area contributed by atoms with Crippen LogP contribution in [-0.2, 0) is 24.3 Å². The van der Waals surface area contributed by atoms with Gasteiger partial charge in [-0.2, -0.15) is 5.10 Å². The van der Waals surface area contributed by atoms with Crippen molar-refractivity contribution in [1.82, 2.24) is 20.1 Å². The minimum atomic E-state index is 0. The van der Waals surface area contributed by atoms with Gasteiger partial charge >= 0.3 is 0 Å². The average molecular weight is 378 g/mol. The first kappa shape index (κ1) is 17.8. The summed E-state index contributed by atoms with van der Waals surface area (Å²) in [5, 5.41) is 11.9. The van der Waals surface area contributed by atoms with Gasteiger partial charge in [0.25, 0.3) is 0 Å². The Hall–Kier alpha value is -1.96. The molecule has 0 saturated carbocycles. The Morgan fingerprint density at radius 3 is 3.12 bits per heavy atom. The van der Waals surface area contributed by atoms with Crippen LogP contribution in [0.25, 0.3) is 10.2 Å². The SMILES string of the molecule is Cc1nc2cc(NC(=O)CCc3cc4n(n3)CCNC4)ccc2s1.Cl. The second kappa shape index (κ2) is 7.51. The van der Waals surface area contributed by atoms with Crippen molar-refractivity contribution in [2.24, 2.45) is 0 Å². The molecular formula is C17H20ClN5OS. The number of hydrogen-bond donors (Lipinski definition) is 2. The average Bonchev–Trinajstić information content (AvgIpc) is 3.14. The van der Waals surface area contributed by atoms with Crippen molar-refractivity contribution in [3.8, 4) is 0 Å². The molecule has 3 heterocycles. The van der Waals surface area contributed by atoms with Crippen molar-refractivity contribution in [3.05, 3.63) is 40.7 Å². The number of thiazole rings is 1. The monoisotopic (exact) mass is 377 g/mol. The van der Waals surface area contributed by atoms with Crippen LogP contribution >= 0.6 is 23.7 Å². The molecule has 0 aliphatic carbocycles. The number of benzene rings is 1.